The van der Waals surface area contributed by atoms with Gasteiger partial charge in [0.25, 0.3) is 0 Å². The van der Waals surface area contributed by atoms with Crippen molar-refractivity contribution in [2.45, 2.75) is 0 Å². The fourth-order valence-electron chi connectivity index (χ4n) is 1.69. The lowest BCUT2D eigenvalue weighted by atomic mass is 10.1. The van der Waals surface area contributed by atoms with E-state index in [1.165, 1.54) is 6.26 Å². The molecule has 1 aromatic carbocycles. The Morgan fingerprint density at radius 2 is 1.89 bits per heavy atom. The number of rotatable bonds is 2. The minimum atomic E-state index is -0.181. The van der Waals surface area contributed by atoms with Crippen molar-refractivity contribution in [2.24, 2.45) is 0 Å². The fraction of sp³-hybridized carbons (Fsp3) is 0. The Kier molecular flexibility index (Phi) is 2.68. The van der Waals surface area contributed by atoms with Crippen LogP contribution in [0.25, 0.3) is 11.0 Å². The van der Waals surface area contributed by atoms with Gasteiger partial charge in [-0.15, -0.1) is 0 Å². The summed E-state index contributed by atoms with van der Waals surface area (Å²) in [6.45, 7) is 0. The van der Waals surface area contributed by atoms with Crippen molar-refractivity contribution in [2.75, 3.05) is 0 Å². The molecule has 2 heterocycles. The lowest BCUT2D eigenvalue weighted by Crippen LogP contribution is -2.00. The molecular formula is C13H7BrN2O2. The topological polar surface area (TPSA) is 56.0 Å². The minimum Gasteiger partial charge on any atom is -0.460 e. The van der Waals surface area contributed by atoms with Gasteiger partial charge in [0.05, 0.1) is 21.8 Å². The van der Waals surface area contributed by atoms with Gasteiger partial charge in [-0.1, -0.05) is 0 Å². The Hall–Kier alpha value is -2.01. The number of carbonyl (C=O) groups excluding carboxylic acids is 1. The molecule has 0 unspecified atom stereocenters. The van der Waals surface area contributed by atoms with Gasteiger partial charge in [-0.05, 0) is 40.2 Å². The minimum absolute atomic E-state index is 0.181. The molecule has 0 spiro atoms. The van der Waals surface area contributed by atoms with E-state index in [4.69, 9.17) is 4.42 Å². The van der Waals surface area contributed by atoms with Crippen LogP contribution in [0.15, 0.2) is 51.8 Å². The normalized spacial score (nSPS) is 10.7. The molecule has 0 aliphatic rings. The zero-order valence-corrected chi connectivity index (χ0v) is 10.7. The third-order valence-electron chi connectivity index (χ3n) is 2.55. The molecule has 0 radical (unpaired) electrons. The Labute approximate surface area is 111 Å². The number of fused-ring (bicyclic) bond motifs is 1. The van der Waals surface area contributed by atoms with Gasteiger partial charge in [-0.25, -0.2) is 0 Å². The summed E-state index contributed by atoms with van der Waals surface area (Å²) in [5.41, 5.74) is 1.97. The molecule has 5 heteroatoms. The quantitative estimate of drug-likeness (QED) is 0.682. The van der Waals surface area contributed by atoms with Gasteiger partial charge < -0.3 is 4.42 Å². The lowest BCUT2D eigenvalue weighted by Gasteiger charge is -2.00. The molecule has 0 fully saturated rings. The Bertz CT molecular complexity index is 736. The predicted octanol–water partition coefficient (Wildman–Crippen LogP) is 3.22. The number of hydrogen-bond acceptors (Lipinski definition) is 4. The molecule has 0 amide bonds. The highest BCUT2D eigenvalue weighted by molar-refractivity contribution is 9.10. The first-order valence-electron chi connectivity index (χ1n) is 5.24. The van der Waals surface area contributed by atoms with Crippen molar-refractivity contribution < 1.29 is 9.21 Å². The van der Waals surface area contributed by atoms with Crippen LogP contribution >= 0.6 is 15.9 Å². The number of furan rings is 1. The Balaban J connectivity index is 2.10. The third-order valence-corrected chi connectivity index (χ3v) is 3.18. The van der Waals surface area contributed by atoms with Crippen LogP contribution in [-0.2, 0) is 0 Å². The van der Waals surface area contributed by atoms with Gasteiger partial charge in [-0.3, -0.25) is 14.8 Å². The highest BCUT2D eigenvalue weighted by atomic mass is 79.9. The van der Waals surface area contributed by atoms with Crippen LogP contribution in [0.2, 0.25) is 0 Å². The summed E-state index contributed by atoms with van der Waals surface area (Å²) < 4.78 is 5.81. The second-order valence-electron chi connectivity index (χ2n) is 3.69. The summed E-state index contributed by atoms with van der Waals surface area (Å²) in [5, 5.41) is 0. The molecule has 0 saturated heterocycles. The van der Waals surface area contributed by atoms with Gasteiger partial charge in [0, 0.05) is 18.0 Å². The van der Waals surface area contributed by atoms with E-state index in [0.717, 1.165) is 5.52 Å². The van der Waals surface area contributed by atoms with E-state index < -0.39 is 0 Å². The van der Waals surface area contributed by atoms with Crippen molar-refractivity contribution in [1.82, 2.24) is 9.97 Å². The van der Waals surface area contributed by atoms with E-state index in [1.54, 1.807) is 36.7 Å². The molecule has 0 N–H and O–H groups in total. The maximum absolute atomic E-state index is 12.2. The van der Waals surface area contributed by atoms with Crippen LogP contribution in [0, 0.1) is 0 Å². The molecular weight excluding hydrogens is 296 g/mol. The molecule has 0 saturated carbocycles. The van der Waals surface area contributed by atoms with Crippen molar-refractivity contribution in [1.29, 1.82) is 0 Å². The van der Waals surface area contributed by atoms with Crippen molar-refractivity contribution in [3.8, 4) is 0 Å². The van der Waals surface area contributed by atoms with E-state index >= 15 is 0 Å². The van der Waals surface area contributed by atoms with Crippen LogP contribution in [0.1, 0.15) is 16.1 Å². The van der Waals surface area contributed by atoms with Crippen molar-refractivity contribution in [3.05, 3.63) is 58.7 Å². The molecule has 0 aliphatic carbocycles. The van der Waals surface area contributed by atoms with Gasteiger partial charge in [0.15, 0.2) is 5.76 Å². The van der Waals surface area contributed by atoms with Crippen LogP contribution < -0.4 is 0 Å². The van der Waals surface area contributed by atoms with Crippen molar-refractivity contribution >= 4 is 32.7 Å². The molecule has 18 heavy (non-hydrogen) atoms. The van der Waals surface area contributed by atoms with Gasteiger partial charge in [0.2, 0.25) is 5.78 Å². The Morgan fingerprint density at radius 1 is 1.11 bits per heavy atom. The SMILES string of the molecule is O=C(c1ccc2nccnc2c1)c1occc1Br. The zero-order chi connectivity index (χ0) is 12.5. The summed E-state index contributed by atoms with van der Waals surface area (Å²) in [5.74, 6) is 0.109. The van der Waals surface area contributed by atoms with Crippen LogP contribution in [0.3, 0.4) is 0 Å². The smallest absolute Gasteiger partial charge is 0.229 e. The van der Waals surface area contributed by atoms with Gasteiger partial charge in [-0.2, -0.15) is 0 Å². The lowest BCUT2D eigenvalue weighted by molar-refractivity contribution is 0.101. The highest BCUT2D eigenvalue weighted by Gasteiger charge is 2.16. The number of aromatic nitrogens is 2. The van der Waals surface area contributed by atoms with Crippen molar-refractivity contribution in [3.63, 3.8) is 0 Å². The first-order valence-corrected chi connectivity index (χ1v) is 6.03. The number of benzene rings is 1. The van der Waals surface area contributed by atoms with E-state index in [9.17, 15) is 4.79 Å². The molecule has 3 aromatic rings. The summed E-state index contributed by atoms with van der Waals surface area (Å²) >= 11 is 3.27. The number of halogens is 1. The summed E-state index contributed by atoms with van der Waals surface area (Å²) in [4.78, 5) is 20.5. The predicted molar refractivity (Wildman–Crippen MR) is 69.4 cm³/mol. The maximum Gasteiger partial charge on any atom is 0.229 e. The van der Waals surface area contributed by atoms with Crippen LogP contribution in [0.4, 0.5) is 0 Å². The maximum atomic E-state index is 12.2. The average Bonchev–Trinajstić information content (AvgIpc) is 2.83. The first kappa shape index (κ1) is 11.1. The molecule has 0 aliphatic heterocycles. The average molecular weight is 303 g/mol. The highest BCUT2D eigenvalue weighted by Crippen LogP contribution is 2.22. The zero-order valence-electron chi connectivity index (χ0n) is 9.13. The molecule has 0 bridgehead atoms. The fourth-order valence-corrected chi connectivity index (χ4v) is 2.07. The molecule has 88 valence electrons. The van der Waals surface area contributed by atoms with E-state index in [0.29, 0.717) is 21.3 Å². The third kappa shape index (κ3) is 1.82. The van der Waals surface area contributed by atoms with Gasteiger partial charge >= 0.3 is 0 Å². The van der Waals surface area contributed by atoms with E-state index in [1.807, 2.05) is 0 Å². The van der Waals surface area contributed by atoms with Crippen LogP contribution in [0.5, 0.6) is 0 Å². The molecule has 4 nitrogen and oxygen atoms in total. The van der Waals surface area contributed by atoms with E-state index in [2.05, 4.69) is 25.9 Å². The number of ketones is 1. The van der Waals surface area contributed by atoms with E-state index in [-0.39, 0.29) is 5.78 Å². The number of carbonyl (C=O) groups is 1. The second kappa shape index (κ2) is 4.34. The second-order valence-corrected chi connectivity index (χ2v) is 4.54. The molecule has 3 rings (SSSR count). The standard InChI is InChI=1S/C13H7BrN2O2/c14-9-3-6-18-13(9)12(17)8-1-2-10-11(7-8)16-5-4-15-10/h1-7H. The largest absolute Gasteiger partial charge is 0.460 e. The first-order chi connectivity index (χ1) is 8.75. The summed E-state index contributed by atoms with van der Waals surface area (Å²) in [6.07, 6.45) is 4.69. The monoisotopic (exact) mass is 302 g/mol. The molecule has 0 atom stereocenters. The number of nitrogens with zero attached hydrogens (tertiary/aromatic N) is 2. The summed E-state index contributed by atoms with van der Waals surface area (Å²) in [6, 6.07) is 6.88. The van der Waals surface area contributed by atoms with Gasteiger partial charge in [0.1, 0.15) is 0 Å². The molecule has 2 aromatic heterocycles. The van der Waals surface area contributed by atoms with Crippen LogP contribution in [-0.4, -0.2) is 15.8 Å². The number of hydrogen-bond donors (Lipinski definition) is 0. The Morgan fingerprint density at radius 3 is 2.61 bits per heavy atom. The summed E-state index contributed by atoms with van der Waals surface area (Å²) in [7, 11) is 0.